The largest absolute Gasteiger partial charge is 0.422 e. The van der Waals surface area contributed by atoms with Crippen LogP contribution in [0.1, 0.15) is 17.0 Å². The molecule has 1 aliphatic heterocycles. The van der Waals surface area contributed by atoms with Gasteiger partial charge >= 0.3 is 0 Å². The van der Waals surface area contributed by atoms with E-state index in [0.29, 0.717) is 17.1 Å². The number of pyridine rings is 2. The number of aryl methyl sites for hydroxylation is 1. The fourth-order valence-electron chi connectivity index (χ4n) is 4.57. The van der Waals surface area contributed by atoms with Gasteiger partial charge in [0.15, 0.2) is 0 Å². The van der Waals surface area contributed by atoms with Crippen LogP contribution < -0.4 is 10.5 Å². The molecular formula is C27H20N8O. The van der Waals surface area contributed by atoms with E-state index in [4.69, 9.17) is 10.5 Å². The maximum atomic E-state index is 10.0. The number of imidazole rings is 1. The summed E-state index contributed by atoms with van der Waals surface area (Å²) < 4.78 is 9.51. The number of nitrogens with two attached hydrogens (primary N) is 1. The average molecular weight is 473 g/mol. The summed E-state index contributed by atoms with van der Waals surface area (Å²) in [5.74, 6) is 0.927. The van der Waals surface area contributed by atoms with Crippen LogP contribution in [0.25, 0.3) is 28.3 Å². The second kappa shape index (κ2) is 8.52. The van der Waals surface area contributed by atoms with Crippen molar-refractivity contribution in [2.75, 3.05) is 0 Å². The van der Waals surface area contributed by atoms with Gasteiger partial charge in [-0.2, -0.15) is 10.4 Å². The zero-order chi connectivity index (χ0) is 24.6. The predicted molar refractivity (Wildman–Crippen MR) is 133 cm³/mol. The van der Waals surface area contributed by atoms with E-state index in [1.165, 1.54) is 0 Å². The van der Waals surface area contributed by atoms with Gasteiger partial charge in [0, 0.05) is 61.0 Å². The number of nitriles is 1. The van der Waals surface area contributed by atoms with Crippen molar-refractivity contribution in [1.82, 2.24) is 29.3 Å². The van der Waals surface area contributed by atoms with Crippen LogP contribution in [0.3, 0.4) is 0 Å². The first kappa shape index (κ1) is 21.3. The molecule has 2 N–H and O–H groups in total. The van der Waals surface area contributed by atoms with Crippen LogP contribution in [0.4, 0.5) is 0 Å². The maximum absolute atomic E-state index is 10.0. The lowest BCUT2D eigenvalue weighted by Crippen LogP contribution is -2.21. The van der Waals surface area contributed by atoms with Gasteiger partial charge in [-0.1, -0.05) is 12.1 Å². The number of allylic oxidation sites excluding steroid dienone is 1. The van der Waals surface area contributed by atoms with Crippen LogP contribution >= 0.6 is 0 Å². The molecule has 1 aromatic carbocycles. The minimum atomic E-state index is -0.447. The van der Waals surface area contributed by atoms with Crippen LogP contribution in [-0.2, 0) is 7.05 Å². The lowest BCUT2D eigenvalue weighted by Gasteiger charge is -2.25. The summed E-state index contributed by atoms with van der Waals surface area (Å²) in [6, 6.07) is 17.9. The molecule has 1 unspecified atom stereocenters. The van der Waals surface area contributed by atoms with E-state index in [9.17, 15) is 5.26 Å². The van der Waals surface area contributed by atoms with E-state index in [1.807, 2.05) is 59.3 Å². The molecule has 0 saturated heterocycles. The SMILES string of the molecule is Cn1nc(-c2cccnc2)c2c1OC(N)=C(C#N)C2c1ccc(-n2ccnc2-c2cccnc2)cc1. The molecule has 1 atom stereocenters. The first-order valence-electron chi connectivity index (χ1n) is 11.2. The molecule has 174 valence electrons. The molecule has 0 saturated carbocycles. The number of ether oxygens (including phenoxy) is 1. The summed E-state index contributed by atoms with van der Waals surface area (Å²) in [4.78, 5) is 13.0. The lowest BCUT2D eigenvalue weighted by molar-refractivity contribution is 0.358. The van der Waals surface area contributed by atoms with Gasteiger partial charge in [0.25, 0.3) is 0 Å². The molecule has 0 amide bonds. The Kier molecular flexibility index (Phi) is 5.05. The summed E-state index contributed by atoms with van der Waals surface area (Å²) in [6.45, 7) is 0. The van der Waals surface area contributed by atoms with Crippen LogP contribution in [0.15, 0.2) is 97.2 Å². The topological polar surface area (TPSA) is 120 Å². The Morgan fingerprint density at radius 3 is 2.36 bits per heavy atom. The molecule has 0 radical (unpaired) electrons. The van der Waals surface area contributed by atoms with Gasteiger partial charge in [-0.3, -0.25) is 14.5 Å². The highest BCUT2D eigenvalue weighted by Gasteiger charge is 2.36. The number of nitrogens with zero attached hydrogens (tertiary/aromatic N) is 7. The summed E-state index contributed by atoms with van der Waals surface area (Å²) in [7, 11) is 1.79. The van der Waals surface area contributed by atoms with E-state index in [0.717, 1.165) is 33.8 Å². The number of rotatable bonds is 4. The van der Waals surface area contributed by atoms with Crippen molar-refractivity contribution in [3.05, 3.63) is 108 Å². The van der Waals surface area contributed by atoms with Gasteiger partial charge in [0.1, 0.15) is 23.2 Å². The number of aromatic nitrogens is 6. The standard InChI is InChI=1S/C27H20N8O/c1-34-27-23(24(33-34)18-4-2-10-30-15-18)22(21(14-28)25(29)36-27)17-6-8-20(9-7-17)35-13-12-32-26(35)19-5-3-11-31-16-19/h2-13,15-16,22H,29H2,1H3. The Morgan fingerprint density at radius 2 is 1.69 bits per heavy atom. The number of fused-ring (bicyclic) bond motifs is 1. The van der Waals surface area contributed by atoms with Crippen molar-refractivity contribution < 1.29 is 4.74 Å². The van der Waals surface area contributed by atoms with Gasteiger partial charge in [0.05, 0.1) is 11.5 Å². The molecule has 0 spiro atoms. The molecule has 5 heterocycles. The minimum absolute atomic E-state index is 0.0771. The molecular weight excluding hydrogens is 452 g/mol. The highest BCUT2D eigenvalue weighted by molar-refractivity contribution is 5.70. The normalized spacial score (nSPS) is 14.7. The van der Waals surface area contributed by atoms with Crippen LogP contribution in [-0.4, -0.2) is 29.3 Å². The number of hydrogen-bond acceptors (Lipinski definition) is 7. The quantitative estimate of drug-likeness (QED) is 0.420. The number of hydrogen-bond donors (Lipinski definition) is 1. The molecule has 0 fully saturated rings. The summed E-state index contributed by atoms with van der Waals surface area (Å²) >= 11 is 0. The Bertz CT molecular complexity index is 1630. The smallest absolute Gasteiger partial charge is 0.224 e. The molecule has 36 heavy (non-hydrogen) atoms. The zero-order valence-corrected chi connectivity index (χ0v) is 19.3. The molecule has 1 aliphatic rings. The summed E-state index contributed by atoms with van der Waals surface area (Å²) in [6.07, 6.45) is 10.6. The highest BCUT2D eigenvalue weighted by atomic mass is 16.5. The van der Waals surface area contributed by atoms with E-state index in [-0.39, 0.29) is 5.88 Å². The molecule has 5 aromatic rings. The van der Waals surface area contributed by atoms with E-state index >= 15 is 0 Å². The fourth-order valence-corrected chi connectivity index (χ4v) is 4.57. The van der Waals surface area contributed by atoms with Crippen LogP contribution in [0, 0.1) is 11.3 Å². The third kappa shape index (κ3) is 3.40. The molecule has 9 heteroatoms. The molecule has 4 aromatic heterocycles. The zero-order valence-electron chi connectivity index (χ0n) is 19.3. The Morgan fingerprint density at radius 1 is 0.972 bits per heavy atom. The van der Waals surface area contributed by atoms with Crippen molar-refractivity contribution in [1.29, 1.82) is 5.26 Å². The Balaban J connectivity index is 1.46. The average Bonchev–Trinajstić information content (AvgIpc) is 3.54. The van der Waals surface area contributed by atoms with Crippen LogP contribution in [0.2, 0.25) is 0 Å². The van der Waals surface area contributed by atoms with Gasteiger partial charge < -0.3 is 10.5 Å². The molecule has 6 rings (SSSR count). The van der Waals surface area contributed by atoms with E-state index in [2.05, 4.69) is 26.1 Å². The maximum Gasteiger partial charge on any atom is 0.224 e. The van der Waals surface area contributed by atoms with Gasteiger partial charge in [-0.05, 0) is 42.0 Å². The van der Waals surface area contributed by atoms with Gasteiger partial charge in [0.2, 0.25) is 11.8 Å². The van der Waals surface area contributed by atoms with E-state index in [1.54, 1.807) is 42.7 Å². The monoisotopic (exact) mass is 472 g/mol. The third-order valence-electron chi connectivity index (χ3n) is 6.20. The number of benzene rings is 1. The van der Waals surface area contributed by atoms with Gasteiger partial charge in [-0.25, -0.2) is 9.67 Å². The van der Waals surface area contributed by atoms with Crippen molar-refractivity contribution in [3.63, 3.8) is 0 Å². The van der Waals surface area contributed by atoms with Crippen molar-refractivity contribution >= 4 is 0 Å². The first-order chi connectivity index (χ1) is 17.7. The van der Waals surface area contributed by atoms with E-state index < -0.39 is 5.92 Å². The summed E-state index contributed by atoms with van der Waals surface area (Å²) in [5.41, 5.74) is 11.6. The van der Waals surface area contributed by atoms with Crippen molar-refractivity contribution in [3.8, 4) is 40.3 Å². The van der Waals surface area contributed by atoms with Crippen LogP contribution in [0.5, 0.6) is 5.88 Å². The first-order valence-corrected chi connectivity index (χ1v) is 11.2. The molecule has 0 aliphatic carbocycles. The lowest BCUT2D eigenvalue weighted by atomic mass is 9.83. The fraction of sp³-hybridized carbons (Fsp3) is 0.0741. The second-order valence-electron chi connectivity index (χ2n) is 8.31. The molecule has 0 bridgehead atoms. The Hall–Kier alpha value is -5.23. The van der Waals surface area contributed by atoms with Crippen molar-refractivity contribution in [2.24, 2.45) is 12.8 Å². The van der Waals surface area contributed by atoms with Crippen molar-refractivity contribution in [2.45, 2.75) is 5.92 Å². The van der Waals surface area contributed by atoms with Gasteiger partial charge in [-0.15, -0.1) is 0 Å². The Labute approximate surface area is 206 Å². The second-order valence-corrected chi connectivity index (χ2v) is 8.31. The molecule has 9 nitrogen and oxygen atoms in total. The minimum Gasteiger partial charge on any atom is -0.422 e. The third-order valence-corrected chi connectivity index (χ3v) is 6.20. The highest BCUT2D eigenvalue weighted by Crippen LogP contribution is 2.46. The summed E-state index contributed by atoms with van der Waals surface area (Å²) in [5, 5.41) is 14.7. The predicted octanol–water partition coefficient (Wildman–Crippen LogP) is 3.95.